The van der Waals surface area contributed by atoms with Gasteiger partial charge in [-0.25, -0.2) is 4.99 Å². The van der Waals surface area contributed by atoms with E-state index in [1.807, 2.05) is 68.4 Å². The Kier molecular flexibility index (Phi) is 5.22. The molecule has 0 radical (unpaired) electrons. The highest BCUT2D eigenvalue weighted by Gasteiger charge is 2.30. The molecule has 0 amide bonds. The molecule has 152 valence electrons. The van der Waals surface area contributed by atoms with Crippen molar-refractivity contribution in [3.63, 3.8) is 0 Å². The number of rotatable bonds is 4. The van der Waals surface area contributed by atoms with E-state index in [2.05, 4.69) is 9.98 Å². The molecule has 0 bridgehead atoms. The number of benzene rings is 1. The summed E-state index contributed by atoms with van der Waals surface area (Å²) in [6.07, 6.45) is 5.22. The minimum absolute atomic E-state index is 0.0821. The molecule has 6 nitrogen and oxygen atoms in total. The molecule has 7 heteroatoms. The van der Waals surface area contributed by atoms with E-state index in [0.717, 1.165) is 16.8 Å². The zero-order valence-corrected chi connectivity index (χ0v) is 18.1. The number of aromatic nitrogens is 2. The Morgan fingerprint density at radius 2 is 1.80 bits per heavy atom. The highest BCUT2D eigenvalue weighted by Crippen LogP contribution is 2.31. The van der Waals surface area contributed by atoms with Crippen LogP contribution in [-0.2, 0) is 4.79 Å². The molecule has 1 aromatic carbocycles. The van der Waals surface area contributed by atoms with Crippen LogP contribution in [0.4, 0.5) is 5.69 Å². The average molecular weight is 419 g/mol. The number of anilines is 1. The fraction of sp³-hybridized carbons (Fsp3) is 0.217. The van der Waals surface area contributed by atoms with E-state index in [4.69, 9.17) is 0 Å². The van der Waals surface area contributed by atoms with Crippen molar-refractivity contribution in [2.45, 2.75) is 19.9 Å². The number of hydrogen-bond donors (Lipinski definition) is 0. The van der Waals surface area contributed by atoms with E-state index in [9.17, 15) is 9.59 Å². The first kappa shape index (κ1) is 20.0. The summed E-state index contributed by atoms with van der Waals surface area (Å²) >= 11 is 1.33. The van der Waals surface area contributed by atoms with Crippen LogP contribution in [0, 0.1) is 0 Å². The van der Waals surface area contributed by atoms with Crippen molar-refractivity contribution in [1.82, 2.24) is 9.55 Å². The summed E-state index contributed by atoms with van der Waals surface area (Å²) in [5, 5.41) is 0. The Balaban J connectivity index is 1.95. The molecule has 4 rings (SSSR count). The lowest BCUT2D eigenvalue weighted by Gasteiger charge is -2.25. The second-order valence-electron chi connectivity index (χ2n) is 7.40. The van der Waals surface area contributed by atoms with Crippen LogP contribution < -0.4 is 19.8 Å². The van der Waals surface area contributed by atoms with Crippen LogP contribution in [0.3, 0.4) is 0 Å². The summed E-state index contributed by atoms with van der Waals surface area (Å²) in [4.78, 5) is 37.1. The number of pyridine rings is 1. The summed E-state index contributed by atoms with van der Waals surface area (Å²) in [5.74, 6) is -0.0821. The van der Waals surface area contributed by atoms with Crippen LogP contribution in [0.2, 0.25) is 0 Å². The van der Waals surface area contributed by atoms with Gasteiger partial charge in [0, 0.05) is 43.4 Å². The maximum absolute atomic E-state index is 13.4. The van der Waals surface area contributed by atoms with Gasteiger partial charge in [0.2, 0.25) is 0 Å². The molecule has 0 unspecified atom stereocenters. The van der Waals surface area contributed by atoms with Gasteiger partial charge in [-0.05, 0) is 55.3 Å². The molecular formula is C23H22N4O2S. The number of thiazole rings is 1. The largest absolute Gasteiger partial charge is 0.378 e. The number of carbonyl (C=O) groups is 1. The van der Waals surface area contributed by atoms with Gasteiger partial charge in [-0.15, -0.1) is 0 Å². The highest BCUT2D eigenvalue weighted by atomic mass is 32.1. The van der Waals surface area contributed by atoms with Crippen molar-refractivity contribution >= 4 is 28.9 Å². The zero-order valence-electron chi connectivity index (χ0n) is 17.3. The summed E-state index contributed by atoms with van der Waals surface area (Å²) in [5.41, 5.74) is 3.88. The number of carbonyl (C=O) groups excluding carboxylic acids is 1. The van der Waals surface area contributed by atoms with Crippen LogP contribution in [-0.4, -0.2) is 29.4 Å². The summed E-state index contributed by atoms with van der Waals surface area (Å²) in [7, 11) is 3.95. The number of fused-ring (bicyclic) bond motifs is 1. The highest BCUT2D eigenvalue weighted by molar-refractivity contribution is 7.07. The van der Waals surface area contributed by atoms with Crippen molar-refractivity contribution in [2.75, 3.05) is 19.0 Å². The quantitative estimate of drug-likeness (QED) is 0.652. The van der Waals surface area contributed by atoms with Crippen LogP contribution in [0.1, 0.15) is 31.0 Å². The molecule has 2 aromatic heterocycles. The van der Waals surface area contributed by atoms with Crippen molar-refractivity contribution in [2.24, 2.45) is 4.99 Å². The molecule has 0 spiro atoms. The number of nitrogens with zero attached hydrogens (tertiary/aromatic N) is 4. The lowest BCUT2D eigenvalue weighted by molar-refractivity contribution is -0.114. The molecule has 0 saturated heterocycles. The maximum atomic E-state index is 13.4. The standard InChI is InChI=1S/C23H22N4O2S/c1-14-20(15(2)28)21(17-5-7-18(8-6-17)26(3)4)27-22(29)19(30-23(27)25-14)13-16-9-11-24-12-10-16/h5-13,21H,1-4H3/b19-13+/t21-/m1/s1. The van der Waals surface area contributed by atoms with Crippen LogP contribution in [0.15, 0.2) is 69.8 Å². The van der Waals surface area contributed by atoms with Gasteiger partial charge in [-0.1, -0.05) is 23.5 Å². The third-order valence-corrected chi connectivity index (χ3v) is 6.11. The molecule has 1 aliphatic rings. The van der Waals surface area contributed by atoms with Crippen molar-refractivity contribution in [1.29, 1.82) is 0 Å². The Morgan fingerprint density at radius 3 is 2.40 bits per heavy atom. The fourth-order valence-electron chi connectivity index (χ4n) is 3.65. The second-order valence-corrected chi connectivity index (χ2v) is 8.41. The number of Topliss-reactive ketones (excluding diaryl/α,β-unsaturated/α-hetero) is 1. The molecule has 3 heterocycles. The molecule has 3 aromatic rings. The van der Waals surface area contributed by atoms with Gasteiger partial charge in [-0.2, -0.15) is 0 Å². The first-order valence-electron chi connectivity index (χ1n) is 9.57. The first-order valence-corrected chi connectivity index (χ1v) is 10.4. The Labute approximate surface area is 178 Å². The lowest BCUT2D eigenvalue weighted by Crippen LogP contribution is -2.39. The summed E-state index contributed by atoms with van der Waals surface area (Å²) in [6, 6.07) is 11.1. The van der Waals surface area contributed by atoms with E-state index in [0.29, 0.717) is 20.6 Å². The molecule has 1 atom stereocenters. The predicted octanol–water partition coefficient (Wildman–Crippen LogP) is 2.29. The molecule has 0 N–H and O–H groups in total. The fourth-order valence-corrected chi connectivity index (χ4v) is 4.70. The predicted molar refractivity (Wildman–Crippen MR) is 119 cm³/mol. The smallest absolute Gasteiger partial charge is 0.271 e. The first-order chi connectivity index (χ1) is 14.4. The van der Waals surface area contributed by atoms with E-state index < -0.39 is 6.04 Å². The maximum Gasteiger partial charge on any atom is 0.271 e. The monoisotopic (exact) mass is 418 g/mol. The topological polar surface area (TPSA) is 67.6 Å². The molecular weight excluding hydrogens is 396 g/mol. The van der Waals surface area contributed by atoms with Crippen molar-refractivity contribution in [3.8, 4) is 0 Å². The molecule has 30 heavy (non-hydrogen) atoms. The van der Waals surface area contributed by atoms with Crippen LogP contribution >= 0.6 is 11.3 Å². The van der Waals surface area contributed by atoms with Crippen molar-refractivity contribution < 1.29 is 4.79 Å². The average Bonchev–Trinajstić information content (AvgIpc) is 3.02. The van der Waals surface area contributed by atoms with Crippen molar-refractivity contribution in [3.05, 3.63) is 90.9 Å². The van der Waals surface area contributed by atoms with E-state index in [-0.39, 0.29) is 11.3 Å². The van der Waals surface area contributed by atoms with Gasteiger partial charge in [0.1, 0.15) is 0 Å². The minimum Gasteiger partial charge on any atom is -0.378 e. The van der Waals surface area contributed by atoms with Crippen LogP contribution in [0.25, 0.3) is 6.08 Å². The number of allylic oxidation sites excluding steroid dienone is 2. The Morgan fingerprint density at radius 1 is 1.13 bits per heavy atom. The minimum atomic E-state index is -0.491. The van der Waals surface area contributed by atoms with Gasteiger partial charge < -0.3 is 4.90 Å². The van der Waals surface area contributed by atoms with E-state index in [1.54, 1.807) is 17.0 Å². The van der Waals surface area contributed by atoms with Crippen LogP contribution in [0.5, 0.6) is 0 Å². The van der Waals surface area contributed by atoms with Gasteiger partial charge in [0.25, 0.3) is 5.56 Å². The van der Waals surface area contributed by atoms with E-state index in [1.165, 1.54) is 18.3 Å². The third kappa shape index (κ3) is 3.52. The number of hydrogen-bond acceptors (Lipinski definition) is 6. The Hall–Kier alpha value is -3.32. The molecule has 1 aliphatic heterocycles. The second kappa shape index (κ2) is 7.84. The summed E-state index contributed by atoms with van der Waals surface area (Å²) < 4.78 is 2.22. The Bertz CT molecular complexity index is 1320. The van der Waals surface area contributed by atoms with E-state index >= 15 is 0 Å². The van der Waals surface area contributed by atoms with Gasteiger partial charge in [-0.3, -0.25) is 19.1 Å². The number of ketones is 1. The zero-order chi connectivity index (χ0) is 21.4. The lowest BCUT2D eigenvalue weighted by atomic mass is 9.93. The molecule has 0 saturated carbocycles. The van der Waals surface area contributed by atoms with Gasteiger partial charge in [0.15, 0.2) is 10.6 Å². The molecule has 0 fully saturated rings. The van der Waals surface area contributed by atoms with Gasteiger partial charge >= 0.3 is 0 Å². The van der Waals surface area contributed by atoms with Gasteiger partial charge in [0.05, 0.1) is 10.6 Å². The third-order valence-electron chi connectivity index (χ3n) is 5.13. The SMILES string of the molecule is CC(=O)C1=C(C)N=c2s/c(=C/c3ccncc3)c(=O)n2[C@@H]1c1ccc(N(C)C)cc1. The normalized spacial score (nSPS) is 16.3. The summed E-state index contributed by atoms with van der Waals surface area (Å²) in [6.45, 7) is 3.36. The molecule has 0 aliphatic carbocycles.